The number of aliphatic hydroxyl groups excluding tert-OH is 1. The van der Waals surface area contributed by atoms with Crippen LogP contribution in [0.25, 0.3) is 0 Å². The Balaban J connectivity index is 1.66. The van der Waals surface area contributed by atoms with E-state index in [0.29, 0.717) is 11.1 Å². The van der Waals surface area contributed by atoms with E-state index in [9.17, 15) is 5.11 Å². The van der Waals surface area contributed by atoms with Gasteiger partial charge in [0, 0.05) is 31.1 Å². The van der Waals surface area contributed by atoms with E-state index >= 15 is 0 Å². The van der Waals surface area contributed by atoms with E-state index < -0.39 is 0 Å². The van der Waals surface area contributed by atoms with E-state index in [1.807, 2.05) is 0 Å². The van der Waals surface area contributed by atoms with E-state index in [4.69, 9.17) is 16.9 Å². The van der Waals surface area contributed by atoms with Crippen LogP contribution in [0, 0.1) is 17.2 Å². The van der Waals surface area contributed by atoms with Gasteiger partial charge in [-0.2, -0.15) is 10.2 Å². The summed E-state index contributed by atoms with van der Waals surface area (Å²) in [6.07, 6.45) is 5.01. The Bertz CT molecular complexity index is 574. The molecule has 2 heterocycles. The average molecular weight is 336 g/mol. The number of rotatable bonds is 3. The fourth-order valence-corrected chi connectivity index (χ4v) is 3.45. The van der Waals surface area contributed by atoms with Crippen molar-refractivity contribution in [3.63, 3.8) is 0 Å². The topological polar surface area (TPSA) is 85.1 Å². The molecule has 1 aliphatic heterocycles. The van der Waals surface area contributed by atoms with Crippen molar-refractivity contribution < 1.29 is 5.11 Å². The molecule has 1 aliphatic carbocycles. The molecule has 0 atom stereocenters. The molecule has 1 saturated heterocycles. The van der Waals surface area contributed by atoms with Gasteiger partial charge in [0.25, 0.3) is 0 Å². The zero-order valence-electron chi connectivity index (χ0n) is 13.1. The van der Waals surface area contributed by atoms with Gasteiger partial charge in [-0.3, -0.25) is 0 Å². The maximum Gasteiger partial charge on any atom is 0.226 e. The summed E-state index contributed by atoms with van der Waals surface area (Å²) in [4.78, 5) is 11.0. The summed E-state index contributed by atoms with van der Waals surface area (Å²) in [5.74, 6) is 1.52. The molecule has 124 valence electrons. The molecule has 1 aromatic heterocycles. The first-order chi connectivity index (χ1) is 11.1. The third-order valence-electron chi connectivity index (χ3n) is 4.71. The van der Waals surface area contributed by atoms with Gasteiger partial charge in [0.1, 0.15) is 11.0 Å². The van der Waals surface area contributed by atoms with E-state index in [1.165, 1.54) is 0 Å². The fraction of sp³-hybridized carbons (Fsp3) is 0.688. The van der Waals surface area contributed by atoms with Crippen LogP contribution in [0.1, 0.15) is 38.5 Å². The molecule has 2 aliphatic rings. The van der Waals surface area contributed by atoms with Crippen LogP contribution in [0.15, 0.2) is 6.07 Å². The summed E-state index contributed by atoms with van der Waals surface area (Å²) < 4.78 is 0. The molecule has 0 aromatic carbocycles. The predicted molar refractivity (Wildman–Crippen MR) is 89.5 cm³/mol. The lowest BCUT2D eigenvalue weighted by atomic mass is 9.93. The maximum absolute atomic E-state index is 9.58. The zero-order valence-corrected chi connectivity index (χ0v) is 13.8. The predicted octanol–water partition coefficient (Wildman–Crippen LogP) is 2.59. The highest BCUT2D eigenvalue weighted by Gasteiger charge is 2.22. The van der Waals surface area contributed by atoms with Crippen LogP contribution >= 0.6 is 11.6 Å². The number of nitrogens with zero attached hydrogens (tertiary/aromatic N) is 4. The van der Waals surface area contributed by atoms with E-state index in [-0.39, 0.29) is 18.1 Å². The molecular weight excluding hydrogens is 314 g/mol. The van der Waals surface area contributed by atoms with Crippen molar-refractivity contribution in [1.29, 1.82) is 5.26 Å². The second-order valence-corrected chi connectivity index (χ2v) is 6.80. The Morgan fingerprint density at radius 1 is 1.17 bits per heavy atom. The fourth-order valence-electron chi connectivity index (χ4n) is 3.27. The van der Waals surface area contributed by atoms with Crippen molar-refractivity contribution in [1.82, 2.24) is 9.97 Å². The maximum atomic E-state index is 9.58. The number of aromatic nitrogens is 2. The minimum Gasteiger partial charge on any atom is -0.393 e. The Morgan fingerprint density at radius 2 is 1.87 bits per heavy atom. The number of anilines is 2. The van der Waals surface area contributed by atoms with Gasteiger partial charge in [0.05, 0.1) is 12.2 Å². The van der Waals surface area contributed by atoms with Crippen LogP contribution < -0.4 is 10.2 Å². The highest BCUT2D eigenvalue weighted by Crippen LogP contribution is 2.26. The molecule has 0 amide bonds. The smallest absolute Gasteiger partial charge is 0.226 e. The lowest BCUT2D eigenvalue weighted by molar-refractivity contribution is 0.126. The van der Waals surface area contributed by atoms with Crippen molar-refractivity contribution in [2.75, 3.05) is 23.3 Å². The minimum atomic E-state index is -0.176. The number of halogens is 1. The van der Waals surface area contributed by atoms with Crippen LogP contribution in [0.2, 0.25) is 5.15 Å². The minimum absolute atomic E-state index is 0.148. The van der Waals surface area contributed by atoms with Crippen molar-refractivity contribution in [2.45, 2.75) is 50.7 Å². The third kappa shape index (κ3) is 4.24. The van der Waals surface area contributed by atoms with Gasteiger partial charge in [-0.25, -0.2) is 4.98 Å². The third-order valence-corrected chi connectivity index (χ3v) is 4.91. The Morgan fingerprint density at radius 3 is 2.52 bits per heavy atom. The molecule has 0 unspecified atom stereocenters. The van der Waals surface area contributed by atoms with Gasteiger partial charge in [-0.05, 0) is 38.5 Å². The van der Waals surface area contributed by atoms with Crippen LogP contribution in [0.3, 0.4) is 0 Å². The van der Waals surface area contributed by atoms with Gasteiger partial charge in [-0.15, -0.1) is 0 Å². The normalized spacial score (nSPS) is 25.9. The second kappa shape index (κ2) is 7.33. The van der Waals surface area contributed by atoms with Crippen molar-refractivity contribution in [2.24, 2.45) is 5.92 Å². The first kappa shape index (κ1) is 16.3. The SMILES string of the molecule is N#CC1CCN(c2cc(Cl)nc(NC3CCC(O)CC3)n2)CC1. The number of nitrogens with one attached hydrogen (secondary N) is 1. The van der Waals surface area contributed by atoms with Gasteiger partial charge >= 0.3 is 0 Å². The Kier molecular flexibility index (Phi) is 5.19. The number of hydrogen-bond acceptors (Lipinski definition) is 6. The molecule has 2 N–H and O–H groups in total. The summed E-state index contributed by atoms with van der Waals surface area (Å²) in [5, 5.41) is 22.3. The largest absolute Gasteiger partial charge is 0.393 e. The standard InChI is InChI=1S/C16H22ClN5O/c17-14-9-15(22-7-5-11(10-18)6-8-22)21-16(20-14)19-12-1-3-13(23)4-2-12/h9,11-13,23H,1-8H2,(H,19,20,21). The average Bonchev–Trinajstić information content (AvgIpc) is 2.56. The summed E-state index contributed by atoms with van der Waals surface area (Å²) in [6.45, 7) is 1.64. The van der Waals surface area contributed by atoms with Crippen LogP contribution in [0.4, 0.5) is 11.8 Å². The Labute approximate surface area is 141 Å². The van der Waals surface area contributed by atoms with E-state index in [0.717, 1.165) is 57.4 Å². The summed E-state index contributed by atoms with van der Waals surface area (Å²) >= 11 is 6.16. The van der Waals surface area contributed by atoms with Gasteiger partial charge in [0.15, 0.2) is 0 Å². The van der Waals surface area contributed by atoms with E-state index in [1.54, 1.807) is 6.07 Å². The number of piperidine rings is 1. The molecule has 2 fully saturated rings. The quantitative estimate of drug-likeness (QED) is 0.826. The molecule has 7 heteroatoms. The molecule has 3 rings (SSSR count). The summed E-state index contributed by atoms with van der Waals surface area (Å²) in [7, 11) is 0. The highest BCUT2D eigenvalue weighted by atomic mass is 35.5. The Hall–Kier alpha value is -1.58. The summed E-state index contributed by atoms with van der Waals surface area (Å²) in [5.41, 5.74) is 0. The van der Waals surface area contributed by atoms with Gasteiger partial charge < -0.3 is 15.3 Å². The van der Waals surface area contributed by atoms with Crippen LogP contribution in [-0.4, -0.2) is 40.3 Å². The van der Waals surface area contributed by atoms with E-state index in [2.05, 4.69) is 26.3 Å². The number of nitriles is 1. The number of aliphatic hydroxyl groups is 1. The van der Waals surface area contributed by atoms with Crippen molar-refractivity contribution in [3.8, 4) is 6.07 Å². The van der Waals surface area contributed by atoms with Gasteiger partial charge in [0.2, 0.25) is 5.95 Å². The first-order valence-corrected chi connectivity index (χ1v) is 8.65. The highest BCUT2D eigenvalue weighted by molar-refractivity contribution is 6.29. The molecule has 0 radical (unpaired) electrons. The van der Waals surface area contributed by atoms with Crippen molar-refractivity contribution >= 4 is 23.4 Å². The van der Waals surface area contributed by atoms with Crippen molar-refractivity contribution in [3.05, 3.63) is 11.2 Å². The molecular formula is C16H22ClN5O. The van der Waals surface area contributed by atoms with Gasteiger partial charge in [-0.1, -0.05) is 11.6 Å². The second-order valence-electron chi connectivity index (χ2n) is 6.41. The molecule has 0 bridgehead atoms. The monoisotopic (exact) mass is 335 g/mol. The number of hydrogen-bond donors (Lipinski definition) is 2. The molecule has 1 saturated carbocycles. The lowest BCUT2D eigenvalue weighted by Gasteiger charge is -2.31. The van der Waals surface area contributed by atoms with Crippen LogP contribution in [-0.2, 0) is 0 Å². The zero-order chi connectivity index (χ0) is 16.2. The van der Waals surface area contributed by atoms with Crippen LogP contribution in [0.5, 0.6) is 0 Å². The summed E-state index contributed by atoms with van der Waals surface area (Å²) in [6, 6.07) is 4.41. The molecule has 0 spiro atoms. The molecule has 6 nitrogen and oxygen atoms in total. The molecule has 23 heavy (non-hydrogen) atoms. The first-order valence-electron chi connectivity index (χ1n) is 8.28. The lowest BCUT2D eigenvalue weighted by Crippen LogP contribution is -2.34. The molecule has 1 aromatic rings.